The highest BCUT2D eigenvalue weighted by Crippen LogP contribution is 2.36. The first kappa shape index (κ1) is 13.9. The molecule has 3 rings (SSSR count). The zero-order valence-corrected chi connectivity index (χ0v) is 11.9. The van der Waals surface area contributed by atoms with E-state index in [4.69, 9.17) is 0 Å². The van der Waals surface area contributed by atoms with E-state index in [-0.39, 0.29) is 29.1 Å². The molecule has 0 spiro atoms. The number of carbonyl (C=O) groups excluding carboxylic acids is 1. The fraction of sp³-hybridized carbons (Fsp3) is 0.200. The number of pyridine rings is 1. The molecular weight excluding hydrogens is 291 g/mol. The van der Waals surface area contributed by atoms with E-state index in [1.807, 2.05) is 0 Å². The van der Waals surface area contributed by atoms with E-state index in [1.54, 1.807) is 17.8 Å². The van der Waals surface area contributed by atoms with E-state index in [2.05, 4.69) is 10.3 Å². The summed E-state index contributed by atoms with van der Waals surface area (Å²) < 4.78 is 13.4. The van der Waals surface area contributed by atoms with Crippen LogP contribution in [0.4, 0.5) is 4.39 Å². The number of benzene rings is 1. The summed E-state index contributed by atoms with van der Waals surface area (Å²) in [5.74, 6) is 0.162. The van der Waals surface area contributed by atoms with Gasteiger partial charge in [-0.3, -0.25) is 9.78 Å². The Bertz CT molecular complexity index is 693. The molecule has 21 heavy (non-hydrogen) atoms. The van der Waals surface area contributed by atoms with Crippen LogP contribution in [0, 0.1) is 5.82 Å². The number of nitrogens with one attached hydrogen (secondary N) is 1. The maximum atomic E-state index is 13.4. The first-order valence-corrected chi connectivity index (χ1v) is 7.49. The molecule has 1 aliphatic rings. The fourth-order valence-electron chi connectivity index (χ4n) is 2.31. The number of nitrogens with zero attached hydrogens (tertiary/aromatic N) is 1. The summed E-state index contributed by atoms with van der Waals surface area (Å²) in [6.45, 7) is 0. The standard InChI is InChI=1S/C15H13FN2O2S/c16-10-1-2-14-12(6-10)13(3-4-21-14)18-15(20)9-5-11(19)8-17-7-9/h1-2,5-8,13,19H,3-4H2,(H,18,20). The van der Waals surface area contributed by atoms with Gasteiger partial charge >= 0.3 is 0 Å². The van der Waals surface area contributed by atoms with Crippen molar-refractivity contribution in [1.29, 1.82) is 0 Å². The summed E-state index contributed by atoms with van der Waals surface area (Å²) in [5, 5.41) is 12.2. The summed E-state index contributed by atoms with van der Waals surface area (Å²) in [6, 6.07) is 5.75. The van der Waals surface area contributed by atoms with Crippen LogP contribution in [0.1, 0.15) is 28.4 Å². The lowest BCUT2D eigenvalue weighted by molar-refractivity contribution is 0.0934. The Morgan fingerprint density at radius 2 is 2.24 bits per heavy atom. The second-order valence-electron chi connectivity index (χ2n) is 4.78. The quantitative estimate of drug-likeness (QED) is 0.895. The molecule has 2 heterocycles. The van der Waals surface area contributed by atoms with Crippen LogP contribution in [0.25, 0.3) is 0 Å². The van der Waals surface area contributed by atoms with E-state index in [0.717, 1.165) is 22.6 Å². The molecular formula is C15H13FN2O2S. The number of amides is 1. The van der Waals surface area contributed by atoms with Crippen LogP contribution >= 0.6 is 11.8 Å². The van der Waals surface area contributed by atoms with Gasteiger partial charge in [0.25, 0.3) is 5.91 Å². The highest BCUT2D eigenvalue weighted by molar-refractivity contribution is 7.99. The molecule has 1 amide bonds. The topological polar surface area (TPSA) is 62.2 Å². The average molecular weight is 304 g/mol. The number of halogens is 1. The van der Waals surface area contributed by atoms with Crippen molar-refractivity contribution in [2.24, 2.45) is 0 Å². The van der Waals surface area contributed by atoms with Crippen LogP contribution in [0.2, 0.25) is 0 Å². The number of aromatic hydroxyl groups is 1. The highest BCUT2D eigenvalue weighted by Gasteiger charge is 2.23. The Balaban J connectivity index is 1.83. The van der Waals surface area contributed by atoms with E-state index in [0.29, 0.717) is 0 Å². The highest BCUT2D eigenvalue weighted by atomic mass is 32.2. The molecule has 0 saturated heterocycles. The summed E-state index contributed by atoms with van der Waals surface area (Å²) in [4.78, 5) is 17.0. The average Bonchev–Trinajstić information content (AvgIpc) is 2.48. The Labute approximate surface area is 125 Å². The Morgan fingerprint density at radius 3 is 3.05 bits per heavy atom. The first-order chi connectivity index (χ1) is 10.1. The van der Waals surface area contributed by atoms with Crippen molar-refractivity contribution in [3.8, 4) is 5.75 Å². The molecule has 4 nitrogen and oxygen atoms in total. The van der Waals surface area contributed by atoms with Crippen molar-refractivity contribution in [3.63, 3.8) is 0 Å². The lowest BCUT2D eigenvalue weighted by atomic mass is 10.0. The Kier molecular flexibility index (Phi) is 3.79. The van der Waals surface area contributed by atoms with Crippen LogP contribution in [0.3, 0.4) is 0 Å². The summed E-state index contributed by atoms with van der Waals surface area (Å²) in [6.07, 6.45) is 3.39. The minimum atomic E-state index is -0.328. The molecule has 2 aromatic rings. The van der Waals surface area contributed by atoms with Gasteiger partial charge in [-0.25, -0.2) is 4.39 Å². The maximum absolute atomic E-state index is 13.4. The molecule has 6 heteroatoms. The monoisotopic (exact) mass is 304 g/mol. The van der Waals surface area contributed by atoms with Gasteiger partial charge in [0.15, 0.2) is 0 Å². The predicted octanol–water partition coefficient (Wildman–Crippen LogP) is 2.89. The van der Waals surface area contributed by atoms with Crippen molar-refractivity contribution in [2.75, 3.05) is 5.75 Å². The predicted molar refractivity (Wildman–Crippen MR) is 77.9 cm³/mol. The van der Waals surface area contributed by atoms with Gasteiger partial charge < -0.3 is 10.4 Å². The van der Waals surface area contributed by atoms with Crippen LogP contribution in [-0.2, 0) is 0 Å². The van der Waals surface area contributed by atoms with Gasteiger partial charge in [0, 0.05) is 16.8 Å². The Hall–Kier alpha value is -2.08. The minimum Gasteiger partial charge on any atom is -0.506 e. The second-order valence-corrected chi connectivity index (χ2v) is 5.91. The molecule has 0 saturated carbocycles. The first-order valence-electron chi connectivity index (χ1n) is 6.50. The zero-order chi connectivity index (χ0) is 14.8. The molecule has 0 fully saturated rings. The number of hydrogen-bond donors (Lipinski definition) is 2. The number of rotatable bonds is 2. The van der Waals surface area contributed by atoms with Crippen molar-refractivity contribution >= 4 is 17.7 Å². The van der Waals surface area contributed by atoms with Crippen LogP contribution in [0.15, 0.2) is 41.6 Å². The number of fused-ring (bicyclic) bond motifs is 1. The van der Waals surface area contributed by atoms with Gasteiger partial charge in [0.2, 0.25) is 0 Å². The third-order valence-electron chi connectivity index (χ3n) is 3.30. The molecule has 0 aliphatic carbocycles. The number of thioether (sulfide) groups is 1. The van der Waals surface area contributed by atoms with Crippen LogP contribution < -0.4 is 5.32 Å². The number of hydrogen-bond acceptors (Lipinski definition) is 4. The lowest BCUT2D eigenvalue weighted by Gasteiger charge is -2.26. The van der Waals surface area contributed by atoms with Gasteiger partial charge in [0.05, 0.1) is 17.8 Å². The lowest BCUT2D eigenvalue weighted by Crippen LogP contribution is -2.30. The normalized spacial score (nSPS) is 17.1. The van der Waals surface area contributed by atoms with Gasteiger partial charge in [-0.05, 0) is 36.2 Å². The van der Waals surface area contributed by atoms with Crippen LogP contribution in [-0.4, -0.2) is 21.8 Å². The molecule has 1 aromatic heterocycles. The third kappa shape index (κ3) is 3.00. The summed E-state index contributed by atoms with van der Waals surface area (Å²) in [5.41, 5.74) is 1.08. The smallest absolute Gasteiger partial charge is 0.253 e. The van der Waals surface area contributed by atoms with Crippen molar-refractivity contribution in [1.82, 2.24) is 10.3 Å². The van der Waals surface area contributed by atoms with Crippen molar-refractivity contribution in [3.05, 3.63) is 53.6 Å². The van der Waals surface area contributed by atoms with Crippen molar-refractivity contribution < 1.29 is 14.3 Å². The summed E-state index contributed by atoms with van der Waals surface area (Å²) in [7, 11) is 0. The largest absolute Gasteiger partial charge is 0.506 e. The minimum absolute atomic E-state index is 0.0618. The fourth-order valence-corrected chi connectivity index (χ4v) is 3.41. The SMILES string of the molecule is O=C(NC1CCSc2ccc(F)cc21)c1cncc(O)c1. The molecule has 108 valence electrons. The number of carbonyl (C=O) groups is 1. The molecule has 2 N–H and O–H groups in total. The van der Waals surface area contributed by atoms with Crippen molar-refractivity contribution in [2.45, 2.75) is 17.4 Å². The van der Waals surface area contributed by atoms with Crippen LogP contribution in [0.5, 0.6) is 5.75 Å². The van der Waals surface area contributed by atoms with Gasteiger partial charge in [-0.1, -0.05) is 0 Å². The molecule has 1 unspecified atom stereocenters. The number of aromatic nitrogens is 1. The summed E-state index contributed by atoms with van der Waals surface area (Å²) >= 11 is 1.66. The molecule has 1 aliphatic heterocycles. The van der Waals surface area contributed by atoms with E-state index >= 15 is 0 Å². The van der Waals surface area contributed by atoms with E-state index in [1.165, 1.54) is 30.6 Å². The third-order valence-corrected chi connectivity index (χ3v) is 4.43. The van der Waals surface area contributed by atoms with E-state index in [9.17, 15) is 14.3 Å². The van der Waals surface area contributed by atoms with Gasteiger partial charge in [0.1, 0.15) is 11.6 Å². The molecule has 1 aromatic carbocycles. The van der Waals surface area contributed by atoms with E-state index < -0.39 is 0 Å². The molecule has 0 radical (unpaired) electrons. The van der Waals surface area contributed by atoms with Gasteiger partial charge in [-0.2, -0.15) is 0 Å². The van der Waals surface area contributed by atoms with Gasteiger partial charge in [-0.15, -0.1) is 11.8 Å². The molecule has 1 atom stereocenters. The zero-order valence-electron chi connectivity index (χ0n) is 11.0. The second kappa shape index (κ2) is 5.73. The Morgan fingerprint density at radius 1 is 1.38 bits per heavy atom. The molecule has 0 bridgehead atoms. The maximum Gasteiger partial charge on any atom is 0.253 e.